The summed E-state index contributed by atoms with van der Waals surface area (Å²) in [6, 6.07) is 10.3. The first-order chi connectivity index (χ1) is 14.0. The summed E-state index contributed by atoms with van der Waals surface area (Å²) in [7, 11) is 0. The Bertz CT molecular complexity index is 967. The number of nitrogens with one attached hydrogen (secondary N) is 3. The van der Waals surface area contributed by atoms with Gasteiger partial charge in [0.15, 0.2) is 6.61 Å². The van der Waals surface area contributed by atoms with Gasteiger partial charge in [-0.2, -0.15) is 0 Å². The maximum Gasteiger partial charge on any atom is 0.262 e. The van der Waals surface area contributed by atoms with Crippen LogP contribution in [0.25, 0.3) is 0 Å². The van der Waals surface area contributed by atoms with Crippen molar-refractivity contribution >= 4 is 40.9 Å². The van der Waals surface area contributed by atoms with Gasteiger partial charge < -0.3 is 20.7 Å². The molecule has 1 fully saturated rings. The largest absolute Gasteiger partial charge is 0.482 e. The molecule has 0 spiro atoms. The number of amides is 3. The van der Waals surface area contributed by atoms with E-state index in [-0.39, 0.29) is 35.4 Å². The van der Waals surface area contributed by atoms with Gasteiger partial charge in [-0.25, -0.2) is 4.39 Å². The SMILES string of the molecule is O=C1COc2ccc(NC(=O)[C@@H]3CS[C@@H](Cc4ccc(F)cc4)C(=O)N3)cc2N1. The van der Waals surface area contributed by atoms with Crippen LogP contribution in [0, 0.1) is 5.82 Å². The van der Waals surface area contributed by atoms with Gasteiger partial charge in [-0.15, -0.1) is 11.8 Å². The van der Waals surface area contributed by atoms with E-state index in [1.807, 2.05) is 0 Å². The zero-order valence-electron chi connectivity index (χ0n) is 15.2. The lowest BCUT2D eigenvalue weighted by atomic mass is 10.1. The highest BCUT2D eigenvalue weighted by molar-refractivity contribution is 8.00. The fraction of sp³-hybridized carbons (Fsp3) is 0.250. The van der Waals surface area contributed by atoms with Crippen LogP contribution in [0.2, 0.25) is 0 Å². The molecule has 29 heavy (non-hydrogen) atoms. The fourth-order valence-corrected chi connectivity index (χ4v) is 4.30. The normalized spacial score (nSPS) is 20.7. The number of thioether (sulfide) groups is 1. The Morgan fingerprint density at radius 1 is 1.21 bits per heavy atom. The summed E-state index contributed by atoms with van der Waals surface area (Å²) in [4.78, 5) is 36.4. The number of hydrogen-bond acceptors (Lipinski definition) is 5. The van der Waals surface area contributed by atoms with E-state index in [9.17, 15) is 18.8 Å². The van der Waals surface area contributed by atoms with Crippen LogP contribution < -0.4 is 20.7 Å². The van der Waals surface area contributed by atoms with Crippen LogP contribution in [-0.4, -0.2) is 41.4 Å². The molecule has 0 aliphatic carbocycles. The Hall–Kier alpha value is -3.07. The molecule has 1 saturated heterocycles. The number of ether oxygens (including phenoxy) is 1. The Morgan fingerprint density at radius 3 is 2.76 bits per heavy atom. The third-order valence-electron chi connectivity index (χ3n) is 4.60. The molecule has 0 bridgehead atoms. The summed E-state index contributed by atoms with van der Waals surface area (Å²) < 4.78 is 18.3. The third-order valence-corrected chi connectivity index (χ3v) is 5.91. The maximum atomic E-state index is 13.0. The lowest BCUT2D eigenvalue weighted by Gasteiger charge is -2.28. The predicted octanol–water partition coefficient (Wildman–Crippen LogP) is 1.94. The van der Waals surface area contributed by atoms with Gasteiger partial charge in [0.25, 0.3) is 5.91 Å². The van der Waals surface area contributed by atoms with Gasteiger partial charge in [0, 0.05) is 11.4 Å². The molecule has 2 atom stereocenters. The van der Waals surface area contributed by atoms with Crippen molar-refractivity contribution in [2.45, 2.75) is 17.7 Å². The van der Waals surface area contributed by atoms with Gasteiger partial charge in [0.2, 0.25) is 11.8 Å². The molecule has 0 aromatic heterocycles. The number of fused-ring (bicyclic) bond motifs is 1. The van der Waals surface area contributed by atoms with E-state index < -0.39 is 6.04 Å². The van der Waals surface area contributed by atoms with Crippen LogP contribution in [-0.2, 0) is 20.8 Å². The second-order valence-electron chi connectivity index (χ2n) is 6.75. The Balaban J connectivity index is 1.35. The quantitative estimate of drug-likeness (QED) is 0.709. The van der Waals surface area contributed by atoms with Crippen molar-refractivity contribution in [2.75, 3.05) is 23.0 Å². The molecule has 2 aromatic carbocycles. The molecule has 9 heteroatoms. The lowest BCUT2D eigenvalue weighted by Crippen LogP contribution is -2.52. The minimum Gasteiger partial charge on any atom is -0.482 e. The molecule has 2 aliphatic heterocycles. The van der Waals surface area contributed by atoms with Gasteiger partial charge in [-0.3, -0.25) is 14.4 Å². The Labute approximate surface area is 170 Å². The minimum atomic E-state index is -0.668. The smallest absolute Gasteiger partial charge is 0.262 e. The summed E-state index contributed by atoms with van der Waals surface area (Å²) >= 11 is 1.40. The van der Waals surface area contributed by atoms with E-state index in [0.29, 0.717) is 29.3 Å². The maximum absolute atomic E-state index is 13.0. The van der Waals surface area contributed by atoms with Crippen molar-refractivity contribution in [3.8, 4) is 5.75 Å². The van der Waals surface area contributed by atoms with E-state index in [1.54, 1.807) is 30.3 Å². The van der Waals surface area contributed by atoms with Gasteiger partial charge >= 0.3 is 0 Å². The molecular weight excluding hydrogens is 397 g/mol. The molecular formula is C20H18FN3O4S. The molecule has 0 saturated carbocycles. The van der Waals surface area contributed by atoms with Crippen LogP contribution in [0.1, 0.15) is 5.56 Å². The van der Waals surface area contributed by atoms with E-state index in [1.165, 1.54) is 23.9 Å². The van der Waals surface area contributed by atoms with Crippen LogP contribution in [0.5, 0.6) is 5.75 Å². The van der Waals surface area contributed by atoms with Gasteiger partial charge in [-0.1, -0.05) is 12.1 Å². The molecule has 0 unspecified atom stereocenters. The van der Waals surface area contributed by atoms with Crippen molar-refractivity contribution < 1.29 is 23.5 Å². The zero-order valence-corrected chi connectivity index (χ0v) is 16.1. The summed E-state index contributed by atoms with van der Waals surface area (Å²) in [5.74, 6) is -0.184. The van der Waals surface area contributed by atoms with E-state index >= 15 is 0 Å². The van der Waals surface area contributed by atoms with Crippen molar-refractivity contribution in [3.63, 3.8) is 0 Å². The molecule has 2 heterocycles. The zero-order chi connectivity index (χ0) is 20.4. The lowest BCUT2D eigenvalue weighted by molar-refractivity contribution is -0.126. The summed E-state index contributed by atoms with van der Waals surface area (Å²) in [6.07, 6.45) is 0.468. The van der Waals surface area contributed by atoms with E-state index in [0.717, 1.165) is 5.56 Å². The Morgan fingerprint density at radius 2 is 2.00 bits per heavy atom. The van der Waals surface area contributed by atoms with Crippen molar-refractivity contribution in [3.05, 3.63) is 53.8 Å². The molecule has 0 radical (unpaired) electrons. The van der Waals surface area contributed by atoms with Crippen molar-refractivity contribution in [1.29, 1.82) is 0 Å². The summed E-state index contributed by atoms with van der Waals surface area (Å²) in [5, 5.41) is 7.85. The molecule has 2 aromatic rings. The molecule has 150 valence electrons. The summed E-state index contributed by atoms with van der Waals surface area (Å²) in [5.41, 5.74) is 1.84. The second kappa shape index (κ2) is 8.12. The average molecular weight is 415 g/mol. The number of hydrogen-bond donors (Lipinski definition) is 3. The number of rotatable bonds is 4. The summed E-state index contributed by atoms with van der Waals surface area (Å²) in [6.45, 7) is -0.0386. The highest BCUT2D eigenvalue weighted by Crippen LogP contribution is 2.30. The number of halogens is 1. The topological polar surface area (TPSA) is 96.5 Å². The third kappa shape index (κ3) is 4.51. The van der Waals surface area contributed by atoms with Gasteiger partial charge in [0.1, 0.15) is 17.6 Å². The molecule has 3 N–H and O–H groups in total. The number of benzene rings is 2. The second-order valence-corrected chi connectivity index (χ2v) is 7.99. The van der Waals surface area contributed by atoms with Gasteiger partial charge in [0.05, 0.1) is 10.9 Å². The van der Waals surface area contributed by atoms with Crippen LogP contribution in [0.15, 0.2) is 42.5 Å². The first-order valence-electron chi connectivity index (χ1n) is 9.02. The first kappa shape index (κ1) is 19.3. The molecule has 4 rings (SSSR count). The monoisotopic (exact) mass is 415 g/mol. The molecule has 7 nitrogen and oxygen atoms in total. The van der Waals surface area contributed by atoms with E-state index in [2.05, 4.69) is 16.0 Å². The molecule has 3 amide bonds. The van der Waals surface area contributed by atoms with Crippen molar-refractivity contribution in [1.82, 2.24) is 5.32 Å². The minimum absolute atomic E-state index is 0.0386. The number of carbonyl (C=O) groups is 3. The molecule has 2 aliphatic rings. The predicted molar refractivity (Wildman–Crippen MR) is 107 cm³/mol. The fourth-order valence-electron chi connectivity index (χ4n) is 3.11. The number of carbonyl (C=O) groups excluding carboxylic acids is 3. The highest BCUT2D eigenvalue weighted by Gasteiger charge is 2.32. The number of anilines is 2. The van der Waals surface area contributed by atoms with Crippen LogP contribution >= 0.6 is 11.8 Å². The van der Waals surface area contributed by atoms with E-state index in [4.69, 9.17) is 4.74 Å². The van der Waals surface area contributed by atoms with Gasteiger partial charge in [-0.05, 0) is 42.3 Å². The highest BCUT2D eigenvalue weighted by atomic mass is 32.2. The van der Waals surface area contributed by atoms with Crippen molar-refractivity contribution in [2.24, 2.45) is 0 Å². The van der Waals surface area contributed by atoms with Crippen LogP contribution in [0.4, 0.5) is 15.8 Å². The first-order valence-corrected chi connectivity index (χ1v) is 10.1. The standard InChI is InChI=1S/C20H18FN3O4S/c21-12-3-1-11(2-4-12)7-17-20(27)24-15(10-29-17)19(26)22-13-5-6-16-14(8-13)23-18(25)9-28-16/h1-6,8,15,17H,7,9-10H2,(H,22,26)(H,23,25)(H,24,27)/t15-,17-/m0/s1. The average Bonchev–Trinajstić information content (AvgIpc) is 2.70. The van der Waals surface area contributed by atoms with Crippen LogP contribution in [0.3, 0.4) is 0 Å². The Kier molecular flexibility index (Phi) is 5.39.